The Labute approximate surface area is 135 Å². The molecule has 2 aromatic carbocycles. The molecule has 4 nitrogen and oxygen atoms in total. The van der Waals surface area contributed by atoms with Crippen molar-refractivity contribution in [3.63, 3.8) is 0 Å². The summed E-state index contributed by atoms with van der Waals surface area (Å²) in [5.41, 5.74) is 5.30. The zero-order valence-electron chi connectivity index (χ0n) is 12.4. The summed E-state index contributed by atoms with van der Waals surface area (Å²) < 4.78 is 38.7. The lowest BCUT2D eigenvalue weighted by atomic mass is 10.1. The monoisotopic (exact) mass is 333 g/mol. The number of hydrogen-bond donors (Lipinski definition) is 3. The molecule has 3 N–H and O–H groups in total. The largest absolute Gasteiger partial charge is 0.418 e. The van der Waals surface area contributed by atoms with Gasteiger partial charge in [0.15, 0.2) is 0 Å². The van der Waals surface area contributed by atoms with Crippen LogP contribution in [-0.4, -0.2) is 10.9 Å². The molecular weight excluding hydrogens is 319 g/mol. The Balaban J connectivity index is 1.69. The van der Waals surface area contributed by atoms with Crippen LogP contribution in [-0.2, 0) is 17.4 Å². The molecule has 0 radical (unpaired) electrons. The number of carbonyl (C=O) groups excluding carboxylic acids is 1. The highest BCUT2D eigenvalue weighted by Crippen LogP contribution is 2.34. The van der Waals surface area contributed by atoms with Crippen LogP contribution in [0, 0.1) is 0 Å². The fourth-order valence-electron chi connectivity index (χ4n) is 2.47. The first-order valence-corrected chi connectivity index (χ1v) is 7.21. The Morgan fingerprint density at radius 3 is 2.54 bits per heavy atom. The fourth-order valence-corrected chi connectivity index (χ4v) is 2.47. The first-order valence-electron chi connectivity index (χ1n) is 7.21. The third-order valence-corrected chi connectivity index (χ3v) is 3.59. The summed E-state index contributed by atoms with van der Waals surface area (Å²) in [6, 6.07) is 12.5. The Hall–Kier alpha value is -2.96. The number of para-hydroxylation sites is 2. The summed E-state index contributed by atoms with van der Waals surface area (Å²) in [6.07, 6.45) is -2.73. The molecular formula is C17H14F3N3O. The number of halogens is 3. The van der Waals surface area contributed by atoms with E-state index < -0.39 is 17.6 Å². The summed E-state index contributed by atoms with van der Waals surface area (Å²) in [6.45, 7) is 0. The normalized spacial score (nSPS) is 11.5. The summed E-state index contributed by atoms with van der Waals surface area (Å²) in [5, 5.41) is 0.906. The first kappa shape index (κ1) is 15.9. The third kappa shape index (κ3) is 3.34. The molecule has 0 unspecified atom stereocenters. The van der Waals surface area contributed by atoms with E-state index in [4.69, 9.17) is 0 Å². The van der Waals surface area contributed by atoms with Crippen LogP contribution >= 0.6 is 0 Å². The Morgan fingerprint density at radius 1 is 1.04 bits per heavy atom. The van der Waals surface area contributed by atoms with E-state index in [1.807, 2.05) is 24.3 Å². The van der Waals surface area contributed by atoms with Crippen molar-refractivity contribution in [1.82, 2.24) is 10.4 Å². The quantitative estimate of drug-likeness (QED) is 0.635. The van der Waals surface area contributed by atoms with Gasteiger partial charge in [0, 0.05) is 17.1 Å². The second-order valence-corrected chi connectivity index (χ2v) is 5.25. The van der Waals surface area contributed by atoms with Crippen molar-refractivity contribution < 1.29 is 18.0 Å². The minimum absolute atomic E-state index is 0.0468. The Morgan fingerprint density at radius 2 is 1.75 bits per heavy atom. The smallest absolute Gasteiger partial charge is 0.361 e. The topological polar surface area (TPSA) is 56.9 Å². The van der Waals surface area contributed by atoms with Crippen molar-refractivity contribution in [3.8, 4) is 0 Å². The zero-order valence-corrected chi connectivity index (χ0v) is 12.4. The van der Waals surface area contributed by atoms with Crippen molar-refractivity contribution in [2.45, 2.75) is 12.6 Å². The summed E-state index contributed by atoms with van der Waals surface area (Å²) in [5.74, 6) is -0.434. The molecule has 0 aliphatic heterocycles. The predicted octanol–water partition coefficient (Wildman–Crippen LogP) is 3.87. The van der Waals surface area contributed by atoms with Crippen LogP contribution in [0.5, 0.6) is 0 Å². The third-order valence-electron chi connectivity index (χ3n) is 3.59. The molecule has 0 aliphatic carbocycles. The van der Waals surface area contributed by atoms with Gasteiger partial charge in [-0.2, -0.15) is 13.2 Å². The lowest BCUT2D eigenvalue weighted by molar-refractivity contribution is -0.137. The van der Waals surface area contributed by atoms with Gasteiger partial charge in [-0.3, -0.25) is 15.6 Å². The molecule has 7 heteroatoms. The molecule has 0 saturated heterocycles. The highest BCUT2D eigenvalue weighted by atomic mass is 19.4. The number of rotatable bonds is 4. The number of nitrogens with one attached hydrogen (secondary N) is 3. The van der Waals surface area contributed by atoms with Crippen LogP contribution in [0.4, 0.5) is 18.9 Å². The van der Waals surface area contributed by atoms with Gasteiger partial charge in [0.05, 0.1) is 17.7 Å². The van der Waals surface area contributed by atoms with Gasteiger partial charge in [0.25, 0.3) is 0 Å². The van der Waals surface area contributed by atoms with Crippen molar-refractivity contribution in [2.75, 3.05) is 5.43 Å². The molecule has 3 aromatic rings. The molecule has 0 bridgehead atoms. The van der Waals surface area contributed by atoms with E-state index in [1.54, 1.807) is 6.20 Å². The molecule has 1 amide bonds. The SMILES string of the molecule is O=C(Cc1c[nH]c2ccccc12)NNc1ccccc1C(F)(F)F. The van der Waals surface area contributed by atoms with E-state index >= 15 is 0 Å². The van der Waals surface area contributed by atoms with Crippen LogP contribution < -0.4 is 10.9 Å². The van der Waals surface area contributed by atoms with Crippen LogP contribution in [0.3, 0.4) is 0 Å². The van der Waals surface area contributed by atoms with Gasteiger partial charge in [-0.25, -0.2) is 0 Å². The molecule has 1 aromatic heterocycles. The second kappa shape index (κ2) is 6.27. The molecule has 3 rings (SSSR count). The number of aromatic nitrogens is 1. The zero-order chi connectivity index (χ0) is 17.2. The molecule has 0 aliphatic rings. The van der Waals surface area contributed by atoms with Gasteiger partial charge >= 0.3 is 6.18 Å². The highest BCUT2D eigenvalue weighted by molar-refractivity contribution is 5.89. The van der Waals surface area contributed by atoms with Gasteiger partial charge in [-0.05, 0) is 23.8 Å². The number of carbonyl (C=O) groups is 1. The van der Waals surface area contributed by atoms with E-state index in [1.165, 1.54) is 18.2 Å². The molecule has 1 heterocycles. The van der Waals surface area contributed by atoms with E-state index in [9.17, 15) is 18.0 Å². The van der Waals surface area contributed by atoms with Gasteiger partial charge < -0.3 is 4.98 Å². The van der Waals surface area contributed by atoms with Gasteiger partial charge in [0.1, 0.15) is 0 Å². The standard InChI is InChI=1S/C17H14F3N3O/c18-17(19,20)13-6-2-4-8-15(13)22-23-16(24)9-11-10-21-14-7-3-1-5-12(11)14/h1-8,10,21-22H,9H2,(H,23,24). The van der Waals surface area contributed by atoms with E-state index in [2.05, 4.69) is 15.8 Å². The lowest BCUT2D eigenvalue weighted by Gasteiger charge is -2.14. The number of H-pyrrole nitrogens is 1. The van der Waals surface area contributed by atoms with Gasteiger partial charge in [-0.1, -0.05) is 30.3 Å². The fraction of sp³-hybridized carbons (Fsp3) is 0.118. The Kier molecular flexibility index (Phi) is 4.16. The lowest BCUT2D eigenvalue weighted by Crippen LogP contribution is -2.31. The number of fused-ring (bicyclic) bond motifs is 1. The van der Waals surface area contributed by atoms with Crippen molar-refractivity contribution in [3.05, 3.63) is 65.9 Å². The molecule has 24 heavy (non-hydrogen) atoms. The van der Waals surface area contributed by atoms with Crippen LogP contribution in [0.2, 0.25) is 0 Å². The van der Waals surface area contributed by atoms with E-state index in [0.29, 0.717) is 0 Å². The second-order valence-electron chi connectivity index (χ2n) is 5.25. The van der Waals surface area contributed by atoms with Crippen molar-refractivity contribution in [2.24, 2.45) is 0 Å². The number of benzene rings is 2. The van der Waals surface area contributed by atoms with Crippen molar-refractivity contribution >= 4 is 22.5 Å². The number of alkyl halides is 3. The van der Waals surface area contributed by atoms with E-state index in [0.717, 1.165) is 22.5 Å². The maximum absolute atomic E-state index is 12.9. The van der Waals surface area contributed by atoms with Gasteiger partial charge in [0.2, 0.25) is 5.91 Å². The van der Waals surface area contributed by atoms with Crippen molar-refractivity contribution in [1.29, 1.82) is 0 Å². The van der Waals surface area contributed by atoms with Crippen LogP contribution in [0.15, 0.2) is 54.7 Å². The van der Waals surface area contributed by atoms with Gasteiger partial charge in [-0.15, -0.1) is 0 Å². The predicted molar refractivity (Wildman–Crippen MR) is 85.2 cm³/mol. The van der Waals surface area contributed by atoms with E-state index in [-0.39, 0.29) is 12.1 Å². The van der Waals surface area contributed by atoms with Crippen LogP contribution in [0.25, 0.3) is 10.9 Å². The minimum Gasteiger partial charge on any atom is -0.361 e. The number of aromatic amines is 1. The molecule has 124 valence electrons. The first-order chi connectivity index (χ1) is 11.4. The molecule has 0 saturated carbocycles. The maximum Gasteiger partial charge on any atom is 0.418 e. The number of amides is 1. The summed E-state index contributed by atoms with van der Waals surface area (Å²) in [7, 11) is 0. The molecule has 0 spiro atoms. The summed E-state index contributed by atoms with van der Waals surface area (Å²) >= 11 is 0. The highest BCUT2D eigenvalue weighted by Gasteiger charge is 2.33. The minimum atomic E-state index is -4.49. The summed E-state index contributed by atoms with van der Waals surface area (Å²) in [4.78, 5) is 15.1. The molecule has 0 fully saturated rings. The number of hydrazine groups is 1. The Bertz CT molecular complexity index is 871. The van der Waals surface area contributed by atoms with Crippen LogP contribution in [0.1, 0.15) is 11.1 Å². The maximum atomic E-state index is 12.9. The number of hydrogen-bond acceptors (Lipinski definition) is 2. The average molecular weight is 333 g/mol. The average Bonchev–Trinajstić information content (AvgIpc) is 2.95. The number of anilines is 1. The molecule has 0 atom stereocenters.